The summed E-state index contributed by atoms with van der Waals surface area (Å²) in [4.78, 5) is 15.1. The first-order chi connectivity index (χ1) is 25.3. The molecule has 10 rings (SSSR count). The topological polar surface area (TPSA) is 43.6 Å². The first-order valence-electron chi connectivity index (χ1n) is 17.2. The van der Waals surface area contributed by atoms with Crippen LogP contribution in [-0.4, -0.2) is 19.5 Å². The zero-order valence-electron chi connectivity index (χ0n) is 27.6. The van der Waals surface area contributed by atoms with E-state index in [0.29, 0.717) is 17.6 Å². The van der Waals surface area contributed by atoms with Crippen molar-refractivity contribution < 1.29 is 0 Å². The molecule has 4 heteroatoms. The van der Waals surface area contributed by atoms with Gasteiger partial charge in [0.2, 0.25) is 5.95 Å². The van der Waals surface area contributed by atoms with Crippen molar-refractivity contribution in [3.05, 3.63) is 182 Å². The van der Waals surface area contributed by atoms with Gasteiger partial charge in [0.25, 0.3) is 0 Å². The van der Waals surface area contributed by atoms with Gasteiger partial charge in [-0.05, 0) is 74.1 Å². The van der Waals surface area contributed by atoms with E-state index < -0.39 is 0 Å². The first-order valence-corrected chi connectivity index (χ1v) is 17.2. The van der Waals surface area contributed by atoms with Crippen LogP contribution in [0.5, 0.6) is 0 Å². The van der Waals surface area contributed by atoms with Crippen molar-refractivity contribution in [2.75, 3.05) is 0 Å². The van der Waals surface area contributed by atoms with Crippen LogP contribution in [0, 0.1) is 0 Å². The van der Waals surface area contributed by atoms with Gasteiger partial charge in [-0.2, -0.15) is 9.97 Å². The van der Waals surface area contributed by atoms with Crippen molar-refractivity contribution in [3.8, 4) is 51.0 Å². The average Bonchev–Trinajstić information content (AvgIpc) is 3.56. The van der Waals surface area contributed by atoms with Crippen LogP contribution in [0.15, 0.2) is 182 Å². The highest BCUT2D eigenvalue weighted by molar-refractivity contribution is 6.21. The molecule has 0 aliphatic carbocycles. The molecule has 0 N–H and O–H groups in total. The summed E-state index contributed by atoms with van der Waals surface area (Å²) in [5.74, 6) is 1.88. The molecule has 10 aromatic rings. The smallest absolute Gasteiger partial charge is 0.238 e. The molecule has 51 heavy (non-hydrogen) atoms. The molecule has 8 aromatic carbocycles. The number of fused-ring (bicyclic) bond motifs is 6. The molecular formula is C47H30N4. The molecule has 0 amide bonds. The summed E-state index contributed by atoms with van der Waals surface area (Å²) >= 11 is 0. The number of aromatic nitrogens is 4. The predicted octanol–water partition coefficient (Wildman–Crippen LogP) is 11.9. The van der Waals surface area contributed by atoms with Gasteiger partial charge < -0.3 is 0 Å². The van der Waals surface area contributed by atoms with Gasteiger partial charge in [0, 0.05) is 21.9 Å². The summed E-state index contributed by atoms with van der Waals surface area (Å²) in [5, 5.41) is 7.19. The lowest BCUT2D eigenvalue weighted by molar-refractivity contribution is 0.953. The average molecular weight is 651 g/mol. The van der Waals surface area contributed by atoms with Crippen LogP contribution in [0.4, 0.5) is 0 Å². The van der Waals surface area contributed by atoms with Crippen LogP contribution in [0.25, 0.3) is 94.3 Å². The van der Waals surface area contributed by atoms with Gasteiger partial charge >= 0.3 is 0 Å². The molecule has 2 heterocycles. The Balaban J connectivity index is 1.14. The molecule has 238 valence electrons. The number of benzene rings is 8. The lowest BCUT2D eigenvalue weighted by Crippen LogP contribution is -2.06. The van der Waals surface area contributed by atoms with Gasteiger partial charge in [0.1, 0.15) is 0 Å². The molecule has 0 spiro atoms. The van der Waals surface area contributed by atoms with Crippen molar-refractivity contribution in [2.45, 2.75) is 0 Å². The Morgan fingerprint density at radius 1 is 0.314 bits per heavy atom. The minimum absolute atomic E-state index is 0.593. The first kappa shape index (κ1) is 29.0. The molecule has 0 fully saturated rings. The SMILES string of the molecule is c1ccc(-c2ccc3ccc(-c4ccc5c(ccc6c5c5ccccc5n6-c5nc(-c6ccccc6)nc(-c6ccccc6)n5)c4)cc3c2)cc1. The highest BCUT2D eigenvalue weighted by Gasteiger charge is 2.19. The molecule has 0 saturated heterocycles. The molecule has 0 aliphatic rings. The van der Waals surface area contributed by atoms with Crippen LogP contribution >= 0.6 is 0 Å². The number of para-hydroxylation sites is 1. The summed E-state index contributed by atoms with van der Waals surface area (Å²) < 4.78 is 2.19. The summed E-state index contributed by atoms with van der Waals surface area (Å²) in [6.07, 6.45) is 0. The van der Waals surface area contributed by atoms with Crippen molar-refractivity contribution in [3.63, 3.8) is 0 Å². The molecule has 0 unspecified atom stereocenters. The maximum Gasteiger partial charge on any atom is 0.238 e. The van der Waals surface area contributed by atoms with Gasteiger partial charge in [0.15, 0.2) is 11.6 Å². The van der Waals surface area contributed by atoms with Gasteiger partial charge in [-0.3, -0.25) is 4.57 Å². The third kappa shape index (κ3) is 5.04. The zero-order valence-corrected chi connectivity index (χ0v) is 27.6. The second-order valence-electron chi connectivity index (χ2n) is 12.9. The fourth-order valence-corrected chi connectivity index (χ4v) is 7.33. The van der Waals surface area contributed by atoms with E-state index in [4.69, 9.17) is 15.0 Å². The Kier molecular flexibility index (Phi) is 6.78. The van der Waals surface area contributed by atoms with Crippen LogP contribution in [0.1, 0.15) is 0 Å². The number of rotatable bonds is 5. The van der Waals surface area contributed by atoms with Gasteiger partial charge in [-0.25, -0.2) is 4.98 Å². The van der Waals surface area contributed by atoms with Gasteiger partial charge in [0.05, 0.1) is 11.0 Å². The standard InChI is InChI=1S/C47H30N4/c1-4-12-31(13-5-1)35-22-20-32-21-23-36(30-39(32)29-35)37-24-26-40-38(28-37)25-27-43-44(40)41-18-10-11-19-42(41)51(43)47-49-45(33-14-6-2-7-15-33)48-46(50-47)34-16-8-3-9-17-34/h1-30H. The summed E-state index contributed by atoms with van der Waals surface area (Å²) in [5.41, 5.74) is 8.84. The molecule has 0 radical (unpaired) electrons. The van der Waals surface area contributed by atoms with Crippen molar-refractivity contribution in [1.82, 2.24) is 19.5 Å². The summed E-state index contributed by atoms with van der Waals surface area (Å²) in [6.45, 7) is 0. The van der Waals surface area contributed by atoms with E-state index in [1.54, 1.807) is 0 Å². The van der Waals surface area contributed by atoms with Crippen molar-refractivity contribution in [2.24, 2.45) is 0 Å². The van der Waals surface area contributed by atoms with Gasteiger partial charge in [-0.15, -0.1) is 0 Å². The Morgan fingerprint density at radius 3 is 1.47 bits per heavy atom. The van der Waals surface area contributed by atoms with E-state index in [0.717, 1.165) is 27.5 Å². The van der Waals surface area contributed by atoms with E-state index in [9.17, 15) is 0 Å². The fraction of sp³-hybridized carbons (Fsp3) is 0. The Morgan fingerprint density at radius 2 is 0.824 bits per heavy atom. The molecule has 0 saturated carbocycles. The number of hydrogen-bond acceptors (Lipinski definition) is 3. The molecule has 2 aromatic heterocycles. The lowest BCUT2D eigenvalue weighted by Gasteiger charge is -2.11. The van der Waals surface area contributed by atoms with E-state index >= 15 is 0 Å². The maximum atomic E-state index is 5.10. The monoisotopic (exact) mass is 650 g/mol. The van der Waals surface area contributed by atoms with E-state index in [-0.39, 0.29) is 0 Å². The highest BCUT2D eigenvalue weighted by atomic mass is 15.2. The zero-order chi connectivity index (χ0) is 33.7. The third-order valence-corrected chi connectivity index (χ3v) is 9.82. The van der Waals surface area contributed by atoms with Crippen LogP contribution in [-0.2, 0) is 0 Å². The molecule has 4 nitrogen and oxygen atoms in total. The Labute approximate surface area is 295 Å². The molecule has 0 bridgehead atoms. The predicted molar refractivity (Wildman–Crippen MR) is 211 cm³/mol. The fourth-order valence-electron chi connectivity index (χ4n) is 7.33. The largest absolute Gasteiger partial charge is 0.278 e. The normalized spacial score (nSPS) is 11.5. The second kappa shape index (κ2) is 11.9. The minimum Gasteiger partial charge on any atom is -0.278 e. The summed E-state index contributed by atoms with van der Waals surface area (Å²) in [6, 6.07) is 64.1. The minimum atomic E-state index is 0.593. The Hall–Kier alpha value is -6.91. The van der Waals surface area contributed by atoms with Crippen molar-refractivity contribution in [1.29, 1.82) is 0 Å². The quantitative estimate of drug-likeness (QED) is 0.186. The Bertz CT molecular complexity index is 2840. The van der Waals surface area contributed by atoms with E-state index in [2.05, 4.69) is 126 Å². The summed E-state index contributed by atoms with van der Waals surface area (Å²) in [7, 11) is 0. The van der Waals surface area contributed by atoms with Crippen LogP contribution in [0.3, 0.4) is 0 Å². The lowest BCUT2D eigenvalue weighted by atomic mass is 9.95. The third-order valence-electron chi connectivity index (χ3n) is 9.82. The van der Waals surface area contributed by atoms with E-state index in [1.165, 1.54) is 49.2 Å². The van der Waals surface area contributed by atoms with Crippen molar-refractivity contribution >= 4 is 43.4 Å². The maximum absolute atomic E-state index is 5.10. The second-order valence-corrected chi connectivity index (χ2v) is 12.9. The molecule has 0 aliphatic heterocycles. The number of nitrogens with zero attached hydrogens (tertiary/aromatic N) is 4. The van der Waals surface area contributed by atoms with Crippen LogP contribution in [0.2, 0.25) is 0 Å². The molecular weight excluding hydrogens is 621 g/mol. The van der Waals surface area contributed by atoms with E-state index in [1.807, 2.05) is 60.7 Å². The van der Waals surface area contributed by atoms with Crippen LogP contribution < -0.4 is 0 Å². The number of hydrogen-bond donors (Lipinski definition) is 0. The molecule has 0 atom stereocenters. The van der Waals surface area contributed by atoms with Gasteiger partial charge in [-0.1, -0.05) is 152 Å². The highest BCUT2D eigenvalue weighted by Crippen LogP contribution is 2.38.